The fourth-order valence-electron chi connectivity index (χ4n) is 1.85. The molecule has 0 aliphatic heterocycles. The third-order valence-electron chi connectivity index (χ3n) is 2.31. The maximum atomic E-state index is 5.38. The van der Waals surface area contributed by atoms with Crippen LogP contribution in [0.1, 0.15) is 34.1 Å². The molecule has 0 saturated heterocycles. The minimum atomic E-state index is -0.316. The molecule has 0 spiro atoms. The van der Waals surface area contributed by atoms with Crippen molar-refractivity contribution in [1.82, 2.24) is 0 Å². The highest BCUT2D eigenvalue weighted by atomic mass is 16.5. The SMILES string of the molecule is C=C(OC)C(C)(C)CC(C)(C)N=C(N)N. The molecule has 0 unspecified atom stereocenters. The summed E-state index contributed by atoms with van der Waals surface area (Å²) < 4.78 is 5.16. The second-order valence-electron chi connectivity index (χ2n) is 5.04. The Bertz CT molecular complexity index is 263. The molecule has 4 nitrogen and oxygen atoms in total. The Balaban J connectivity index is 4.71. The van der Waals surface area contributed by atoms with Gasteiger partial charge in [0.15, 0.2) is 5.96 Å². The molecule has 0 fully saturated rings. The number of hydrogen-bond acceptors (Lipinski definition) is 2. The zero-order valence-electron chi connectivity index (χ0n) is 10.4. The van der Waals surface area contributed by atoms with Crippen LogP contribution in [0.25, 0.3) is 0 Å². The number of hydrogen-bond donors (Lipinski definition) is 2. The molecule has 0 aromatic heterocycles. The Kier molecular flexibility index (Phi) is 4.19. The molecule has 0 aromatic carbocycles. The maximum absolute atomic E-state index is 5.38. The van der Waals surface area contributed by atoms with Gasteiger partial charge in [-0.25, -0.2) is 4.99 Å². The lowest BCUT2D eigenvalue weighted by molar-refractivity contribution is 0.167. The third-order valence-corrected chi connectivity index (χ3v) is 2.31. The maximum Gasteiger partial charge on any atom is 0.186 e. The standard InChI is InChI=1S/C11H23N3O/c1-8(15-6)10(2,3)7-11(4,5)14-9(12)13/h1,7H2,2-6H3,(H4,12,13,14). The molecule has 0 amide bonds. The van der Waals surface area contributed by atoms with E-state index in [0.29, 0.717) is 0 Å². The molecule has 0 aromatic rings. The van der Waals surface area contributed by atoms with Crippen LogP contribution in [0.4, 0.5) is 0 Å². The molecule has 0 saturated carbocycles. The number of guanidine groups is 1. The first-order valence-electron chi connectivity index (χ1n) is 4.95. The number of nitrogens with two attached hydrogens (primary N) is 2. The van der Waals surface area contributed by atoms with E-state index in [9.17, 15) is 0 Å². The van der Waals surface area contributed by atoms with Crippen molar-refractivity contribution in [3.8, 4) is 0 Å². The Hall–Kier alpha value is -1.19. The molecular weight excluding hydrogens is 190 g/mol. The van der Waals surface area contributed by atoms with E-state index < -0.39 is 0 Å². The summed E-state index contributed by atoms with van der Waals surface area (Å²) in [6.45, 7) is 12.0. The van der Waals surface area contributed by atoms with Crippen LogP contribution in [0.15, 0.2) is 17.3 Å². The van der Waals surface area contributed by atoms with Crippen molar-refractivity contribution in [2.45, 2.75) is 39.7 Å². The third kappa shape index (κ3) is 4.72. The topological polar surface area (TPSA) is 73.6 Å². The van der Waals surface area contributed by atoms with Gasteiger partial charge in [-0.1, -0.05) is 20.4 Å². The van der Waals surface area contributed by atoms with Crippen LogP contribution in [0.2, 0.25) is 0 Å². The zero-order valence-corrected chi connectivity index (χ0v) is 10.4. The number of allylic oxidation sites excluding steroid dienone is 1. The van der Waals surface area contributed by atoms with Gasteiger partial charge in [0.25, 0.3) is 0 Å². The quantitative estimate of drug-likeness (QED) is 0.414. The minimum Gasteiger partial charge on any atom is -0.501 e. The van der Waals surface area contributed by atoms with E-state index in [-0.39, 0.29) is 16.9 Å². The molecule has 0 aliphatic rings. The molecule has 0 aliphatic carbocycles. The lowest BCUT2D eigenvalue weighted by Crippen LogP contribution is -2.33. The van der Waals surface area contributed by atoms with Gasteiger partial charge in [0.1, 0.15) is 0 Å². The van der Waals surface area contributed by atoms with Crippen molar-refractivity contribution < 1.29 is 4.74 Å². The number of ether oxygens (including phenoxy) is 1. The van der Waals surface area contributed by atoms with Crippen LogP contribution < -0.4 is 11.5 Å². The molecule has 0 atom stereocenters. The van der Waals surface area contributed by atoms with Gasteiger partial charge in [-0.3, -0.25) is 0 Å². The van der Waals surface area contributed by atoms with Gasteiger partial charge < -0.3 is 16.2 Å². The van der Waals surface area contributed by atoms with E-state index in [1.54, 1.807) is 7.11 Å². The van der Waals surface area contributed by atoms with E-state index in [4.69, 9.17) is 16.2 Å². The first kappa shape index (κ1) is 13.8. The molecule has 0 radical (unpaired) electrons. The molecular formula is C11H23N3O. The molecule has 15 heavy (non-hydrogen) atoms. The monoisotopic (exact) mass is 213 g/mol. The van der Waals surface area contributed by atoms with Gasteiger partial charge in [-0.05, 0) is 20.3 Å². The van der Waals surface area contributed by atoms with Crippen LogP contribution in [0.3, 0.4) is 0 Å². The van der Waals surface area contributed by atoms with Crippen LogP contribution in [0, 0.1) is 5.41 Å². The largest absolute Gasteiger partial charge is 0.501 e. The predicted molar refractivity (Wildman–Crippen MR) is 64.4 cm³/mol. The molecule has 0 rings (SSSR count). The van der Waals surface area contributed by atoms with E-state index >= 15 is 0 Å². The van der Waals surface area contributed by atoms with Crippen LogP contribution in [0.5, 0.6) is 0 Å². The van der Waals surface area contributed by atoms with Gasteiger partial charge in [0.05, 0.1) is 18.4 Å². The summed E-state index contributed by atoms with van der Waals surface area (Å²) in [5, 5.41) is 0. The van der Waals surface area contributed by atoms with Crippen molar-refractivity contribution in [1.29, 1.82) is 0 Å². The van der Waals surface area contributed by atoms with Gasteiger partial charge >= 0.3 is 0 Å². The Morgan fingerprint density at radius 2 is 1.73 bits per heavy atom. The van der Waals surface area contributed by atoms with Crippen molar-refractivity contribution >= 4 is 5.96 Å². The van der Waals surface area contributed by atoms with E-state index in [0.717, 1.165) is 12.2 Å². The average molecular weight is 213 g/mol. The van der Waals surface area contributed by atoms with Crippen LogP contribution >= 0.6 is 0 Å². The average Bonchev–Trinajstić information content (AvgIpc) is 1.97. The summed E-state index contributed by atoms with van der Waals surface area (Å²) in [7, 11) is 1.62. The Morgan fingerprint density at radius 3 is 2.07 bits per heavy atom. The van der Waals surface area contributed by atoms with E-state index in [1.807, 2.05) is 13.8 Å². The molecule has 4 N–H and O–H groups in total. The summed E-state index contributed by atoms with van der Waals surface area (Å²) in [6.07, 6.45) is 0.768. The summed E-state index contributed by atoms with van der Waals surface area (Å²) in [5.74, 6) is 0.847. The normalized spacial score (nSPS) is 12.1. The Morgan fingerprint density at radius 1 is 1.27 bits per heavy atom. The van der Waals surface area contributed by atoms with Crippen LogP contribution in [-0.4, -0.2) is 18.6 Å². The highest BCUT2D eigenvalue weighted by Crippen LogP contribution is 2.35. The first-order chi connectivity index (χ1) is 6.60. The predicted octanol–water partition coefficient (Wildman–Crippen LogP) is 1.61. The number of nitrogens with zero attached hydrogens (tertiary/aromatic N) is 1. The van der Waals surface area contributed by atoms with Crippen molar-refractivity contribution in [2.24, 2.45) is 21.9 Å². The lowest BCUT2D eigenvalue weighted by atomic mass is 9.79. The van der Waals surface area contributed by atoms with Gasteiger partial charge in [0, 0.05) is 5.41 Å². The summed E-state index contributed by atoms with van der Waals surface area (Å²) in [6, 6.07) is 0. The van der Waals surface area contributed by atoms with Crippen molar-refractivity contribution in [3.63, 3.8) is 0 Å². The van der Waals surface area contributed by atoms with Gasteiger partial charge in [-0.15, -0.1) is 0 Å². The fraction of sp³-hybridized carbons (Fsp3) is 0.727. The van der Waals surface area contributed by atoms with Crippen LogP contribution in [-0.2, 0) is 4.74 Å². The number of aliphatic imine (C=N–C) groups is 1. The second-order valence-corrected chi connectivity index (χ2v) is 5.04. The summed E-state index contributed by atoms with van der Waals surface area (Å²) in [4.78, 5) is 4.19. The van der Waals surface area contributed by atoms with E-state index in [2.05, 4.69) is 25.4 Å². The molecule has 0 bridgehead atoms. The summed E-state index contributed by atoms with van der Waals surface area (Å²) >= 11 is 0. The second kappa shape index (κ2) is 4.55. The lowest BCUT2D eigenvalue weighted by Gasteiger charge is -2.33. The highest BCUT2D eigenvalue weighted by Gasteiger charge is 2.31. The number of rotatable bonds is 5. The fourth-order valence-corrected chi connectivity index (χ4v) is 1.85. The van der Waals surface area contributed by atoms with Crippen molar-refractivity contribution in [3.05, 3.63) is 12.3 Å². The smallest absolute Gasteiger partial charge is 0.186 e. The summed E-state index contributed by atoms with van der Waals surface area (Å²) in [5.41, 5.74) is 10.3. The van der Waals surface area contributed by atoms with Crippen molar-refractivity contribution in [2.75, 3.05) is 7.11 Å². The first-order valence-corrected chi connectivity index (χ1v) is 4.95. The molecule has 0 heterocycles. The molecule has 88 valence electrons. The van der Waals surface area contributed by atoms with Gasteiger partial charge in [-0.2, -0.15) is 0 Å². The molecule has 4 heteroatoms. The highest BCUT2D eigenvalue weighted by molar-refractivity contribution is 5.76. The van der Waals surface area contributed by atoms with E-state index in [1.165, 1.54) is 0 Å². The van der Waals surface area contributed by atoms with Gasteiger partial charge in [0.2, 0.25) is 0 Å². The Labute approximate surface area is 92.4 Å². The number of methoxy groups -OCH3 is 1. The minimum absolute atomic E-state index is 0.110. The zero-order chi connectivity index (χ0) is 12.3.